The third-order valence-corrected chi connectivity index (χ3v) is 4.22. The molecule has 0 radical (unpaired) electrons. The highest BCUT2D eigenvalue weighted by Crippen LogP contribution is 2.36. The maximum Gasteiger partial charge on any atom is 0.423 e. The van der Waals surface area contributed by atoms with Crippen LogP contribution in [0.25, 0.3) is 0 Å². The highest BCUT2D eigenvalue weighted by molar-refractivity contribution is 5.56. The van der Waals surface area contributed by atoms with Crippen LogP contribution in [0.15, 0.2) is 30.5 Å². The first-order chi connectivity index (χ1) is 12.8. The molecule has 0 unspecified atom stereocenters. The summed E-state index contributed by atoms with van der Waals surface area (Å²) in [6.07, 6.45) is -0.0197. The quantitative estimate of drug-likeness (QED) is 0.587. The molecule has 0 amide bonds. The number of rotatable bonds is 5. The van der Waals surface area contributed by atoms with Crippen LogP contribution < -0.4 is 10.1 Å². The van der Waals surface area contributed by atoms with Gasteiger partial charge in [-0.2, -0.15) is 18.2 Å². The number of halogens is 3. The Morgan fingerprint density at radius 3 is 2.41 bits per heavy atom. The van der Waals surface area contributed by atoms with Gasteiger partial charge in [0.2, 0.25) is 11.8 Å². The summed E-state index contributed by atoms with van der Waals surface area (Å²) in [7, 11) is 0. The van der Waals surface area contributed by atoms with E-state index in [9.17, 15) is 23.3 Å². The minimum atomic E-state index is -4.63. The van der Waals surface area contributed by atoms with E-state index in [4.69, 9.17) is 4.74 Å². The van der Waals surface area contributed by atoms with Gasteiger partial charge < -0.3 is 10.1 Å². The van der Waals surface area contributed by atoms with Crippen molar-refractivity contribution < 1.29 is 22.8 Å². The van der Waals surface area contributed by atoms with Gasteiger partial charge in [0, 0.05) is 24.0 Å². The number of non-ortho nitro benzene ring substituents is 1. The Bertz CT molecular complexity index is 806. The summed E-state index contributed by atoms with van der Waals surface area (Å²) in [4.78, 5) is 17.7. The van der Waals surface area contributed by atoms with E-state index >= 15 is 0 Å². The standard InChI is InChI=1S/C17H17F3N4O3/c18-17(19,20)14-10-21-16(22-11-6-8-12(9-7-11)24(25)26)23-15(14)27-13-4-2-1-3-5-13/h6-10,13H,1-5H2,(H,21,22,23). The van der Waals surface area contributed by atoms with Crippen molar-refractivity contribution in [3.63, 3.8) is 0 Å². The molecule has 10 heteroatoms. The monoisotopic (exact) mass is 382 g/mol. The van der Waals surface area contributed by atoms with Crippen molar-refractivity contribution in [3.05, 3.63) is 46.1 Å². The SMILES string of the molecule is O=[N+]([O-])c1ccc(Nc2ncc(C(F)(F)F)c(OC3CCCCC3)n2)cc1. The molecule has 27 heavy (non-hydrogen) atoms. The zero-order chi connectivity index (χ0) is 19.4. The first-order valence-corrected chi connectivity index (χ1v) is 8.45. The van der Waals surface area contributed by atoms with Crippen LogP contribution >= 0.6 is 0 Å². The van der Waals surface area contributed by atoms with Crippen molar-refractivity contribution in [1.82, 2.24) is 9.97 Å². The highest BCUT2D eigenvalue weighted by atomic mass is 19.4. The van der Waals surface area contributed by atoms with Crippen LogP contribution in [-0.2, 0) is 6.18 Å². The summed E-state index contributed by atoms with van der Waals surface area (Å²) in [5.41, 5.74) is -0.721. The number of alkyl halides is 3. The smallest absolute Gasteiger partial charge is 0.423 e. The number of nitrogens with zero attached hydrogens (tertiary/aromatic N) is 3. The molecule has 2 aromatic rings. The lowest BCUT2D eigenvalue weighted by atomic mass is 9.98. The zero-order valence-electron chi connectivity index (χ0n) is 14.2. The number of ether oxygens (including phenoxy) is 1. The number of nitro benzene ring substituents is 1. The van der Waals surface area contributed by atoms with Crippen LogP contribution in [0, 0.1) is 10.1 Å². The van der Waals surface area contributed by atoms with Crippen LogP contribution in [-0.4, -0.2) is 21.0 Å². The average Bonchev–Trinajstić information content (AvgIpc) is 2.62. The minimum absolute atomic E-state index is 0.0809. The molecule has 1 aliphatic rings. The third-order valence-electron chi connectivity index (χ3n) is 4.22. The summed E-state index contributed by atoms with van der Waals surface area (Å²) in [6, 6.07) is 5.37. The Balaban J connectivity index is 1.83. The Morgan fingerprint density at radius 2 is 1.81 bits per heavy atom. The predicted octanol–water partition coefficient (Wildman–Crippen LogP) is 4.86. The van der Waals surface area contributed by atoms with Crippen LogP contribution in [0.4, 0.5) is 30.5 Å². The van der Waals surface area contributed by atoms with Crippen molar-refractivity contribution in [1.29, 1.82) is 0 Å². The van der Waals surface area contributed by atoms with Gasteiger partial charge in [0.15, 0.2) is 0 Å². The van der Waals surface area contributed by atoms with Gasteiger partial charge in [-0.15, -0.1) is 0 Å². The van der Waals surface area contributed by atoms with Gasteiger partial charge in [0.05, 0.1) is 4.92 Å². The molecule has 0 spiro atoms. The van der Waals surface area contributed by atoms with E-state index < -0.39 is 22.5 Å². The van der Waals surface area contributed by atoms with Crippen LogP contribution in [0.1, 0.15) is 37.7 Å². The molecule has 1 N–H and O–H groups in total. The number of aromatic nitrogens is 2. The fourth-order valence-electron chi connectivity index (χ4n) is 2.85. The minimum Gasteiger partial charge on any atom is -0.474 e. The molecule has 0 bridgehead atoms. The molecular weight excluding hydrogens is 365 g/mol. The van der Waals surface area contributed by atoms with Crippen LogP contribution in [0.3, 0.4) is 0 Å². The Kier molecular flexibility index (Phi) is 5.43. The molecule has 1 saturated carbocycles. The van der Waals surface area contributed by atoms with Gasteiger partial charge in [0.25, 0.3) is 5.69 Å². The fraction of sp³-hybridized carbons (Fsp3) is 0.412. The van der Waals surface area contributed by atoms with E-state index in [1.54, 1.807) is 0 Å². The molecule has 144 valence electrons. The van der Waals surface area contributed by atoms with Gasteiger partial charge in [0.1, 0.15) is 11.7 Å². The molecule has 3 rings (SSSR count). The van der Waals surface area contributed by atoms with E-state index in [1.807, 2.05) is 0 Å². The first kappa shape index (κ1) is 18.9. The average molecular weight is 382 g/mol. The summed E-state index contributed by atoms with van der Waals surface area (Å²) in [5.74, 6) is -0.587. The van der Waals surface area contributed by atoms with Crippen molar-refractivity contribution in [2.45, 2.75) is 44.4 Å². The molecule has 0 aliphatic heterocycles. The second-order valence-electron chi connectivity index (χ2n) is 6.22. The van der Waals surface area contributed by atoms with Gasteiger partial charge in [-0.3, -0.25) is 10.1 Å². The van der Waals surface area contributed by atoms with Crippen molar-refractivity contribution >= 4 is 17.3 Å². The second-order valence-corrected chi connectivity index (χ2v) is 6.22. The maximum atomic E-state index is 13.2. The zero-order valence-corrected chi connectivity index (χ0v) is 14.2. The van der Waals surface area contributed by atoms with E-state index in [0.29, 0.717) is 24.7 Å². The molecule has 0 atom stereocenters. The number of anilines is 2. The lowest BCUT2D eigenvalue weighted by Gasteiger charge is -2.24. The van der Waals surface area contributed by atoms with Crippen molar-refractivity contribution in [2.75, 3.05) is 5.32 Å². The third kappa shape index (κ3) is 4.83. The Morgan fingerprint density at radius 1 is 1.15 bits per heavy atom. The van der Waals surface area contributed by atoms with E-state index in [2.05, 4.69) is 15.3 Å². The van der Waals surface area contributed by atoms with E-state index in [0.717, 1.165) is 19.3 Å². The molecule has 1 heterocycles. The Labute approximate surface area is 152 Å². The second kappa shape index (κ2) is 7.77. The lowest BCUT2D eigenvalue weighted by Crippen LogP contribution is -2.22. The molecule has 0 saturated heterocycles. The number of hydrogen-bond acceptors (Lipinski definition) is 6. The fourth-order valence-corrected chi connectivity index (χ4v) is 2.85. The largest absolute Gasteiger partial charge is 0.474 e. The van der Waals surface area contributed by atoms with Gasteiger partial charge in [-0.25, -0.2) is 4.98 Å². The van der Waals surface area contributed by atoms with Gasteiger partial charge in [-0.05, 0) is 37.8 Å². The molecule has 1 aliphatic carbocycles. The predicted molar refractivity (Wildman–Crippen MR) is 90.9 cm³/mol. The van der Waals surface area contributed by atoms with Crippen LogP contribution in [0.5, 0.6) is 5.88 Å². The number of nitro groups is 1. The van der Waals surface area contributed by atoms with Crippen molar-refractivity contribution in [3.8, 4) is 5.88 Å². The van der Waals surface area contributed by atoms with E-state index in [-0.39, 0.29) is 17.7 Å². The summed E-state index contributed by atoms with van der Waals surface area (Å²) in [5, 5.41) is 13.4. The number of benzene rings is 1. The maximum absolute atomic E-state index is 13.2. The molecule has 1 aromatic heterocycles. The topological polar surface area (TPSA) is 90.2 Å². The Hall–Kier alpha value is -2.91. The summed E-state index contributed by atoms with van der Waals surface area (Å²) >= 11 is 0. The summed E-state index contributed by atoms with van der Waals surface area (Å²) < 4.78 is 45.3. The van der Waals surface area contributed by atoms with Crippen LogP contribution in [0.2, 0.25) is 0 Å². The van der Waals surface area contributed by atoms with E-state index in [1.165, 1.54) is 24.3 Å². The van der Waals surface area contributed by atoms with Gasteiger partial charge >= 0.3 is 6.18 Å². The van der Waals surface area contributed by atoms with Crippen molar-refractivity contribution in [2.24, 2.45) is 0 Å². The molecule has 1 fully saturated rings. The molecular formula is C17H17F3N4O3. The summed E-state index contributed by atoms with van der Waals surface area (Å²) in [6.45, 7) is 0. The highest BCUT2D eigenvalue weighted by Gasteiger charge is 2.37. The number of hydrogen-bond donors (Lipinski definition) is 1. The van der Waals surface area contributed by atoms with Gasteiger partial charge in [-0.1, -0.05) is 6.42 Å². The molecule has 7 nitrogen and oxygen atoms in total. The lowest BCUT2D eigenvalue weighted by molar-refractivity contribution is -0.384. The number of nitrogens with one attached hydrogen (secondary N) is 1. The molecule has 1 aromatic carbocycles. The normalized spacial score (nSPS) is 15.4. The first-order valence-electron chi connectivity index (χ1n) is 8.45.